The van der Waals surface area contributed by atoms with Gasteiger partial charge < -0.3 is 10.9 Å². The summed E-state index contributed by atoms with van der Waals surface area (Å²) in [6, 6.07) is 4.73. The fourth-order valence-corrected chi connectivity index (χ4v) is 1.77. The molecule has 0 fully saturated rings. The fraction of sp³-hybridized carbons (Fsp3) is 0.100. The van der Waals surface area contributed by atoms with Crippen LogP contribution in [0.25, 0.3) is 0 Å². The number of halogens is 2. The highest BCUT2D eigenvalue weighted by atomic mass is 79.9. The zero-order chi connectivity index (χ0) is 13.1. The Labute approximate surface area is 110 Å². The third-order valence-electron chi connectivity index (χ3n) is 2.24. The van der Waals surface area contributed by atoms with Crippen molar-refractivity contribution in [3.8, 4) is 0 Å². The quantitative estimate of drug-likeness (QED) is 0.387. The van der Waals surface area contributed by atoms with Crippen molar-refractivity contribution in [1.29, 1.82) is 0 Å². The van der Waals surface area contributed by atoms with Gasteiger partial charge in [0.2, 0.25) is 11.7 Å². The molecule has 8 heteroatoms. The normalized spacial score (nSPS) is 11.8. The summed E-state index contributed by atoms with van der Waals surface area (Å²) in [5.74, 6) is -0.402. The molecule has 0 radical (unpaired) electrons. The van der Waals surface area contributed by atoms with Crippen LogP contribution < -0.4 is 5.73 Å². The molecule has 18 heavy (non-hydrogen) atoms. The van der Waals surface area contributed by atoms with Gasteiger partial charge in [0.25, 0.3) is 0 Å². The van der Waals surface area contributed by atoms with Gasteiger partial charge in [-0.3, -0.25) is 0 Å². The molecule has 2 aromatic rings. The number of oxime groups is 1. The smallest absolute Gasteiger partial charge is 0.219 e. The van der Waals surface area contributed by atoms with Gasteiger partial charge in [-0.1, -0.05) is 17.3 Å². The molecule has 0 spiro atoms. The monoisotopic (exact) mass is 313 g/mol. The summed E-state index contributed by atoms with van der Waals surface area (Å²) in [6.45, 7) is 0.323. The summed E-state index contributed by atoms with van der Waals surface area (Å²) in [5.41, 5.74) is 6.06. The molecule has 0 aliphatic heterocycles. The Morgan fingerprint density at radius 2 is 2.33 bits per heavy atom. The molecule has 0 amide bonds. The largest absolute Gasteiger partial charge is 0.409 e. The fourth-order valence-electron chi connectivity index (χ4n) is 1.38. The third kappa shape index (κ3) is 2.48. The number of hydrogen-bond donors (Lipinski definition) is 2. The van der Waals surface area contributed by atoms with Gasteiger partial charge in [0.15, 0.2) is 0 Å². The van der Waals surface area contributed by atoms with Crippen molar-refractivity contribution >= 4 is 21.8 Å². The first-order valence-corrected chi connectivity index (χ1v) is 5.71. The molecule has 0 saturated carbocycles. The molecule has 0 aliphatic carbocycles. The highest BCUT2D eigenvalue weighted by molar-refractivity contribution is 9.10. The second-order valence-electron chi connectivity index (χ2n) is 3.46. The summed E-state index contributed by atoms with van der Waals surface area (Å²) < 4.78 is 15.2. The molecule has 3 N–H and O–H groups in total. The molecule has 0 aliphatic rings. The van der Waals surface area contributed by atoms with Crippen molar-refractivity contribution in [3.05, 3.63) is 46.2 Å². The van der Waals surface area contributed by atoms with E-state index in [2.05, 4.69) is 31.2 Å². The van der Waals surface area contributed by atoms with Crippen LogP contribution >= 0.6 is 15.9 Å². The maximum absolute atomic E-state index is 13.3. The van der Waals surface area contributed by atoms with E-state index in [4.69, 9.17) is 10.9 Å². The topological polar surface area (TPSA) is 89.3 Å². The minimum atomic E-state index is -0.343. The first kappa shape index (κ1) is 12.5. The van der Waals surface area contributed by atoms with Crippen molar-refractivity contribution in [2.45, 2.75) is 6.54 Å². The molecular formula is C10H9BrFN5O. The summed E-state index contributed by atoms with van der Waals surface area (Å²) in [7, 11) is 0. The predicted molar refractivity (Wildman–Crippen MR) is 65.7 cm³/mol. The Morgan fingerprint density at radius 1 is 1.56 bits per heavy atom. The Hall–Kier alpha value is -1.96. The van der Waals surface area contributed by atoms with Crippen molar-refractivity contribution in [2.75, 3.05) is 0 Å². The zero-order valence-electron chi connectivity index (χ0n) is 9.09. The number of hydrogen-bond acceptors (Lipinski definition) is 4. The van der Waals surface area contributed by atoms with Crippen LogP contribution in [-0.4, -0.2) is 25.8 Å². The van der Waals surface area contributed by atoms with E-state index in [9.17, 15) is 4.39 Å². The number of nitrogens with zero attached hydrogens (tertiary/aromatic N) is 4. The first-order chi connectivity index (χ1) is 8.61. The van der Waals surface area contributed by atoms with E-state index in [-0.39, 0.29) is 17.5 Å². The molecular weight excluding hydrogens is 305 g/mol. The predicted octanol–water partition coefficient (Wildman–Crippen LogP) is 1.32. The van der Waals surface area contributed by atoms with Crippen LogP contribution in [0.3, 0.4) is 0 Å². The molecule has 0 saturated heterocycles. The van der Waals surface area contributed by atoms with Crippen LogP contribution in [0.2, 0.25) is 0 Å². The highest BCUT2D eigenvalue weighted by Gasteiger charge is 2.09. The van der Waals surface area contributed by atoms with E-state index in [1.807, 2.05) is 0 Å². The van der Waals surface area contributed by atoms with Crippen LogP contribution in [-0.2, 0) is 6.54 Å². The minimum absolute atomic E-state index is 0.116. The molecule has 1 aromatic carbocycles. The van der Waals surface area contributed by atoms with Crippen LogP contribution in [0.15, 0.2) is 34.2 Å². The first-order valence-electron chi connectivity index (χ1n) is 4.92. The number of aromatic nitrogens is 3. The number of nitrogens with two attached hydrogens (primary N) is 1. The van der Waals surface area contributed by atoms with E-state index < -0.39 is 0 Å². The van der Waals surface area contributed by atoms with Gasteiger partial charge in [0.05, 0.1) is 11.0 Å². The SMILES string of the molecule is N/C(=N/O)c1ncn(Cc2cccc(F)c2Br)n1. The molecule has 1 aromatic heterocycles. The molecule has 0 atom stereocenters. The Kier molecular flexibility index (Phi) is 3.56. The Bertz CT molecular complexity index is 598. The van der Waals surface area contributed by atoms with Crippen LogP contribution in [0.5, 0.6) is 0 Å². The molecule has 2 rings (SSSR count). The van der Waals surface area contributed by atoms with Crippen LogP contribution in [0, 0.1) is 5.82 Å². The molecule has 1 heterocycles. The molecule has 0 bridgehead atoms. The Balaban J connectivity index is 2.24. The third-order valence-corrected chi connectivity index (χ3v) is 3.13. The number of benzene rings is 1. The van der Waals surface area contributed by atoms with Crippen molar-refractivity contribution in [2.24, 2.45) is 10.9 Å². The van der Waals surface area contributed by atoms with Gasteiger partial charge in [0.1, 0.15) is 12.1 Å². The van der Waals surface area contributed by atoms with Gasteiger partial charge in [-0.2, -0.15) is 0 Å². The standard InChI is InChI=1S/C10H9BrFN5O/c11-8-6(2-1-3-7(8)12)4-17-5-14-10(15-17)9(13)16-18/h1-3,5,18H,4H2,(H2,13,16). The lowest BCUT2D eigenvalue weighted by Gasteiger charge is -2.04. The summed E-state index contributed by atoms with van der Waals surface area (Å²) in [6.07, 6.45) is 1.42. The van der Waals surface area contributed by atoms with Crippen molar-refractivity contribution in [3.63, 3.8) is 0 Å². The second-order valence-corrected chi connectivity index (χ2v) is 4.26. The average Bonchev–Trinajstić information content (AvgIpc) is 2.82. The summed E-state index contributed by atoms with van der Waals surface area (Å²) >= 11 is 3.16. The van der Waals surface area contributed by atoms with E-state index in [1.54, 1.807) is 12.1 Å². The average molecular weight is 314 g/mol. The van der Waals surface area contributed by atoms with Gasteiger partial charge in [-0.25, -0.2) is 14.1 Å². The van der Waals surface area contributed by atoms with Gasteiger partial charge in [-0.05, 0) is 27.6 Å². The van der Waals surface area contributed by atoms with Gasteiger partial charge in [0, 0.05) is 0 Å². The molecule has 6 nitrogen and oxygen atoms in total. The van der Waals surface area contributed by atoms with Crippen LogP contribution in [0.1, 0.15) is 11.4 Å². The number of rotatable bonds is 3. The van der Waals surface area contributed by atoms with Crippen molar-refractivity contribution in [1.82, 2.24) is 14.8 Å². The van der Waals surface area contributed by atoms with Crippen molar-refractivity contribution < 1.29 is 9.60 Å². The van der Waals surface area contributed by atoms with E-state index >= 15 is 0 Å². The Morgan fingerprint density at radius 3 is 3.06 bits per heavy atom. The lowest BCUT2D eigenvalue weighted by Crippen LogP contribution is -2.15. The van der Waals surface area contributed by atoms with Gasteiger partial charge in [-0.15, -0.1) is 5.10 Å². The van der Waals surface area contributed by atoms with Gasteiger partial charge >= 0.3 is 0 Å². The zero-order valence-corrected chi connectivity index (χ0v) is 10.7. The maximum atomic E-state index is 13.3. The second kappa shape index (κ2) is 5.13. The van der Waals surface area contributed by atoms with E-state index in [0.717, 1.165) is 0 Å². The number of amidine groups is 1. The highest BCUT2D eigenvalue weighted by Crippen LogP contribution is 2.20. The summed E-state index contributed by atoms with van der Waals surface area (Å²) in [5, 5.41) is 15.3. The lowest BCUT2D eigenvalue weighted by molar-refractivity contribution is 0.318. The van der Waals surface area contributed by atoms with E-state index in [1.165, 1.54) is 17.1 Å². The maximum Gasteiger partial charge on any atom is 0.219 e. The molecule has 94 valence electrons. The molecule has 0 unspecified atom stereocenters. The van der Waals surface area contributed by atoms with E-state index in [0.29, 0.717) is 16.6 Å². The van der Waals surface area contributed by atoms with Crippen LogP contribution in [0.4, 0.5) is 4.39 Å². The lowest BCUT2D eigenvalue weighted by atomic mass is 10.2. The summed E-state index contributed by atoms with van der Waals surface area (Å²) in [4.78, 5) is 3.86. The minimum Gasteiger partial charge on any atom is -0.409 e.